The maximum Gasteiger partial charge on any atom is 0.338 e. The highest BCUT2D eigenvalue weighted by Crippen LogP contribution is 2.29. The summed E-state index contributed by atoms with van der Waals surface area (Å²) in [6.07, 6.45) is 9.00. The number of nitrogens with zero attached hydrogens (tertiary/aromatic N) is 4. The molecule has 1 saturated carbocycles. The lowest BCUT2D eigenvalue weighted by atomic mass is 10.2. The van der Waals surface area contributed by atoms with Crippen LogP contribution in [0.15, 0.2) is 18.5 Å². The molecule has 6 nitrogen and oxygen atoms in total. The summed E-state index contributed by atoms with van der Waals surface area (Å²) in [5.41, 5.74) is 8.39. The number of nitrogen functional groups attached to an aromatic ring is 1. The van der Waals surface area contributed by atoms with E-state index < -0.39 is 0 Å². The van der Waals surface area contributed by atoms with Crippen LogP contribution in [-0.2, 0) is 13.6 Å². The second-order valence-corrected chi connectivity index (χ2v) is 5.96. The Morgan fingerprint density at radius 3 is 3.00 bits per heavy atom. The van der Waals surface area contributed by atoms with Crippen LogP contribution in [0.5, 0.6) is 0 Å². The van der Waals surface area contributed by atoms with Crippen LogP contribution in [-0.4, -0.2) is 31.9 Å². The minimum absolute atomic E-state index is 0.316. The summed E-state index contributed by atoms with van der Waals surface area (Å²) >= 11 is 0. The molecule has 108 valence electrons. The van der Waals surface area contributed by atoms with E-state index in [1.165, 1.54) is 24.0 Å². The Bertz CT molecular complexity index is 726. The molecule has 1 aliphatic heterocycles. The maximum atomic E-state index is 5.85. The third kappa shape index (κ3) is 2.49. The van der Waals surface area contributed by atoms with E-state index in [1.54, 1.807) is 0 Å². The van der Waals surface area contributed by atoms with E-state index in [0.717, 1.165) is 30.6 Å². The van der Waals surface area contributed by atoms with Crippen molar-refractivity contribution in [2.75, 3.05) is 17.6 Å². The number of fused-ring (bicyclic) bond motifs is 1. The van der Waals surface area contributed by atoms with Crippen molar-refractivity contribution >= 4 is 23.8 Å². The Balaban J connectivity index is 1.59. The second-order valence-electron chi connectivity index (χ2n) is 5.96. The van der Waals surface area contributed by atoms with Crippen molar-refractivity contribution in [1.29, 1.82) is 0 Å². The molecule has 2 aromatic rings. The van der Waals surface area contributed by atoms with E-state index in [1.807, 2.05) is 13.1 Å². The Hall–Kier alpha value is -2.37. The van der Waals surface area contributed by atoms with Crippen molar-refractivity contribution in [2.45, 2.75) is 19.4 Å². The van der Waals surface area contributed by atoms with Crippen LogP contribution < -0.4 is 11.1 Å². The Kier molecular flexibility index (Phi) is 2.70. The molecule has 2 aromatic heterocycles. The molecule has 0 spiro atoms. The molecule has 6 heteroatoms. The van der Waals surface area contributed by atoms with Crippen molar-refractivity contribution in [3.05, 3.63) is 29.6 Å². The zero-order chi connectivity index (χ0) is 14.4. The van der Waals surface area contributed by atoms with Gasteiger partial charge in [0.05, 0.1) is 6.07 Å². The van der Waals surface area contributed by atoms with E-state index in [-0.39, 0.29) is 0 Å². The number of nitrogens with two attached hydrogens (primary N) is 1. The average molecular weight is 283 g/mol. The first-order valence-corrected chi connectivity index (χ1v) is 7.32. The normalized spacial score (nSPS) is 16.7. The fourth-order valence-electron chi connectivity index (χ4n) is 2.71. The standard InChI is InChI=1S/C15H19N6/c1-20-6-11-8-21(9-12(11)7-20)14-4-13(18-15(16)19-14)17-5-10-2-3-10/h4,6-8,10H,2-3,5,9H2,1H3,(H3,16,17,18,19)/q+1. The number of rotatable bonds is 4. The number of aromatic nitrogens is 3. The summed E-state index contributed by atoms with van der Waals surface area (Å²) in [7, 11) is 2.04. The van der Waals surface area contributed by atoms with Gasteiger partial charge in [-0.1, -0.05) is 0 Å². The molecule has 3 N–H and O–H groups in total. The minimum Gasteiger partial charge on any atom is -0.369 e. The predicted octanol–water partition coefficient (Wildman–Crippen LogP) is 1.50. The van der Waals surface area contributed by atoms with Crippen LogP contribution >= 0.6 is 0 Å². The van der Waals surface area contributed by atoms with Crippen LogP contribution in [0, 0.1) is 5.92 Å². The number of anilines is 2. The molecule has 0 amide bonds. The first-order chi connectivity index (χ1) is 10.2. The molecule has 1 aliphatic carbocycles. The number of aryl methyl sites for hydroxylation is 1. The van der Waals surface area contributed by atoms with E-state index >= 15 is 0 Å². The van der Waals surface area contributed by atoms with Gasteiger partial charge in [0.2, 0.25) is 0 Å². The lowest BCUT2D eigenvalue weighted by Gasteiger charge is -2.04. The van der Waals surface area contributed by atoms with E-state index in [4.69, 9.17) is 5.73 Å². The maximum absolute atomic E-state index is 5.85. The monoisotopic (exact) mass is 283 g/mol. The number of nitrogens with one attached hydrogen (secondary N) is 1. The van der Waals surface area contributed by atoms with Gasteiger partial charge in [0.15, 0.2) is 0 Å². The highest BCUT2D eigenvalue weighted by molar-refractivity contribution is 5.80. The Labute approximate surface area is 123 Å². The second kappa shape index (κ2) is 4.58. The topological polar surface area (TPSA) is 71.8 Å². The summed E-state index contributed by atoms with van der Waals surface area (Å²) in [5, 5.41) is 3.36. The highest BCUT2D eigenvalue weighted by Gasteiger charge is 2.24. The van der Waals surface area contributed by atoms with Crippen LogP contribution in [0.1, 0.15) is 24.0 Å². The SMILES string of the molecule is Cn1cc2c(c1)C[N+](c1cc(NCC3CC3)nc(N)n1)=C2. The van der Waals surface area contributed by atoms with Crippen molar-refractivity contribution in [1.82, 2.24) is 14.5 Å². The van der Waals surface area contributed by atoms with Gasteiger partial charge in [-0.3, -0.25) is 0 Å². The molecule has 21 heavy (non-hydrogen) atoms. The Morgan fingerprint density at radius 1 is 1.38 bits per heavy atom. The van der Waals surface area contributed by atoms with Gasteiger partial charge in [0, 0.05) is 37.1 Å². The number of hydrogen-bond acceptors (Lipinski definition) is 4. The summed E-state index contributed by atoms with van der Waals surface area (Å²) < 4.78 is 4.19. The zero-order valence-corrected chi connectivity index (χ0v) is 12.1. The van der Waals surface area contributed by atoms with Crippen molar-refractivity contribution in [3.8, 4) is 0 Å². The molecule has 0 aromatic carbocycles. The van der Waals surface area contributed by atoms with Crippen LogP contribution in [0.3, 0.4) is 0 Å². The van der Waals surface area contributed by atoms with Gasteiger partial charge in [-0.05, 0) is 23.7 Å². The van der Waals surface area contributed by atoms with Gasteiger partial charge in [-0.25, -0.2) is 4.58 Å². The van der Waals surface area contributed by atoms with Crippen molar-refractivity contribution in [3.63, 3.8) is 0 Å². The fraction of sp³-hybridized carbons (Fsp3) is 0.400. The molecular formula is C15H19N6+. The molecule has 0 atom stereocenters. The molecule has 0 radical (unpaired) electrons. The largest absolute Gasteiger partial charge is 0.369 e. The van der Waals surface area contributed by atoms with Gasteiger partial charge in [0.1, 0.15) is 18.6 Å². The molecule has 3 heterocycles. The summed E-state index contributed by atoms with van der Waals surface area (Å²) in [6, 6.07) is 1.97. The lowest BCUT2D eigenvalue weighted by molar-refractivity contribution is -0.451. The van der Waals surface area contributed by atoms with Gasteiger partial charge >= 0.3 is 11.8 Å². The van der Waals surface area contributed by atoms with Crippen molar-refractivity contribution in [2.24, 2.45) is 13.0 Å². The molecule has 0 bridgehead atoms. The fourth-order valence-corrected chi connectivity index (χ4v) is 2.71. The molecule has 4 rings (SSSR count). The molecule has 0 saturated heterocycles. The minimum atomic E-state index is 0.316. The first kappa shape index (κ1) is 12.4. The number of hydrogen-bond donors (Lipinski definition) is 2. The summed E-state index contributed by atoms with van der Waals surface area (Å²) in [4.78, 5) is 8.62. The van der Waals surface area contributed by atoms with Crippen LogP contribution in [0.4, 0.5) is 17.6 Å². The lowest BCUT2D eigenvalue weighted by Crippen LogP contribution is -2.10. The quantitative estimate of drug-likeness (QED) is 0.834. The smallest absolute Gasteiger partial charge is 0.338 e. The van der Waals surface area contributed by atoms with Gasteiger partial charge in [0.25, 0.3) is 0 Å². The van der Waals surface area contributed by atoms with Gasteiger partial charge in [-0.2, -0.15) is 4.98 Å². The summed E-state index contributed by atoms with van der Waals surface area (Å²) in [5.74, 6) is 2.78. The third-order valence-corrected chi connectivity index (χ3v) is 4.00. The predicted molar refractivity (Wildman–Crippen MR) is 81.9 cm³/mol. The van der Waals surface area contributed by atoms with Crippen molar-refractivity contribution < 1.29 is 4.58 Å². The summed E-state index contributed by atoms with van der Waals surface area (Å²) in [6.45, 7) is 1.80. The molecule has 0 unspecified atom stereocenters. The van der Waals surface area contributed by atoms with Crippen LogP contribution in [0.25, 0.3) is 0 Å². The molecule has 1 fully saturated rings. The first-order valence-electron chi connectivity index (χ1n) is 7.32. The van der Waals surface area contributed by atoms with Crippen LogP contribution in [0.2, 0.25) is 0 Å². The van der Waals surface area contributed by atoms with Gasteiger partial charge in [-0.15, -0.1) is 0 Å². The van der Waals surface area contributed by atoms with E-state index in [2.05, 4.69) is 43.0 Å². The zero-order valence-electron chi connectivity index (χ0n) is 12.1. The van der Waals surface area contributed by atoms with E-state index in [0.29, 0.717) is 5.95 Å². The molecular weight excluding hydrogens is 264 g/mol. The molecule has 2 aliphatic rings. The Morgan fingerprint density at radius 2 is 2.24 bits per heavy atom. The average Bonchev–Trinajstić information content (AvgIpc) is 3.09. The van der Waals surface area contributed by atoms with E-state index in [9.17, 15) is 0 Å². The van der Waals surface area contributed by atoms with Gasteiger partial charge < -0.3 is 15.6 Å². The third-order valence-electron chi connectivity index (χ3n) is 4.00. The highest BCUT2D eigenvalue weighted by atomic mass is 15.2.